The van der Waals surface area contributed by atoms with Gasteiger partial charge in [-0.25, -0.2) is 9.37 Å². The molecular formula is C20H18FN3O2. The lowest BCUT2D eigenvalue weighted by atomic mass is 10.1. The van der Waals surface area contributed by atoms with Gasteiger partial charge in [0.15, 0.2) is 0 Å². The Balaban J connectivity index is 1.48. The van der Waals surface area contributed by atoms with Gasteiger partial charge in [0.25, 0.3) is 5.91 Å². The van der Waals surface area contributed by atoms with E-state index in [-0.39, 0.29) is 17.8 Å². The molecule has 1 atom stereocenters. The Morgan fingerprint density at radius 1 is 1.12 bits per heavy atom. The number of hydrogen-bond donors (Lipinski definition) is 0. The number of rotatable bonds is 3. The normalized spacial score (nSPS) is 17.3. The van der Waals surface area contributed by atoms with Crippen molar-refractivity contribution in [2.45, 2.75) is 6.10 Å². The minimum atomic E-state index is -0.282. The molecule has 0 saturated carbocycles. The quantitative estimate of drug-likeness (QED) is 0.728. The summed E-state index contributed by atoms with van der Waals surface area (Å²) in [7, 11) is 0. The first-order valence-corrected chi connectivity index (χ1v) is 8.45. The standard InChI is InChI=1S/C20H18FN3O2/c21-17-5-1-15(2-6-17)19-13-23(11-12-26-19)20(25)16-3-7-18(8-4-16)24-10-9-22-14-24/h1-10,14,19H,11-13H2/t19-/m0/s1. The number of halogens is 1. The summed E-state index contributed by atoms with van der Waals surface area (Å²) in [4.78, 5) is 18.6. The lowest BCUT2D eigenvalue weighted by Crippen LogP contribution is -2.42. The summed E-state index contributed by atoms with van der Waals surface area (Å²) in [5.74, 6) is -0.312. The molecule has 132 valence electrons. The third kappa shape index (κ3) is 3.36. The van der Waals surface area contributed by atoms with E-state index in [1.165, 1.54) is 12.1 Å². The zero-order valence-electron chi connectivity index (χ0n) is 14.1. The van der Waals surface area contributed by atoms with Crippen LogP contribution in [0.1, 0.15) is 22.0 Å². The molecule has 0 spiro atoms. The van der Waals surface area contributed by atoms with Gasteiger partial charge in [-0.1, -0.05) is 12.1 Å². The van der Waals surface area contributed by atoms with E-state index in [0.29, 0.717) is 25.3 Å². The first-order valence-electron chi connectivity index (χ1n) is 8.45. The van der Waals surface area contributed by atoms with Gasteiger partial charge < -0.3 is 14.2 Å². The maximum atomic E-state index is 13.1. The Bertz CT molecular complexity index is 876. The van der Waals surface area contributed by atoms with Crippen molar-refractivity contribution < 1.29 is 13.9 Å². The highest BCUT2D eigenvalue weighted by Crippen LogP contribution is 2.24. The Labute approximate surface area is 150 Å². The first kappa shape index (κ1) is 16.5. The molecule has 5 nitrogen and oxygen atoms in total. The Hall–Kier alpha value is -2.99. The fraction of sp³-hybridized carbons (Fsp3) is 0.200. The van der Waals surface area contributed by atoms with Crippen LogP contribution in [0, 0.1) is 5.82 Å². The van der Waals surface area contributed by atoms with Crippen LogP contribution >= 0.6 is 0 Å². The summed E-state index contributed by atoms with van der Waals surface area (Å²) in [6.45, 7) is 1.45. The first-order chi connectivity index (χ1) is 12.7. The van der Waals surface area contributed by atoms with E-state index in [1.54, 1.807) is 29.6 Å². The van der Waals surface area contributed by atoms with E-state index < -0.39 is 0 Å². The summed E-state index contributed by atoms with van der Waals surface area (Å²) in [5.41, 5.74) is 2.46. The van der Waals surface area contributed by atoms with Crippen LogP contribution in [-0.4, -0.2) is 40.1 Å². The molecule has 0 unspecified atom stereocenters. The number of hydrogen-bond acceptors (Lipinski definition) is 3. The van der Waals surface area contributed by atoms with Crippen molar-refractivity contribution >= 4 is 5.91 Å². The number of benzene rings is 2. The van der Waals surface area contributed by atoms with E-state index in [1.807, 2.05) is 35.0 Å². The number of ether oxygens (including phenoxy) is 1. The van der Waals surface area contributed by atoms with Crippen molar-refractivity contribution in [3.63, 3.8) is 0 Å². The second kappa shape index (κ2) is 7.09. The Morgan fingerprint density at radius 3 is 2.58 bits per heavy atom. The summed E-state index contributed by atoms with van der Waals surface area (Å²) < 4.78 is 20.7. The van der Waals surface area contributed by atoms with Crippen LogP contribution < -0.4 is 0 Å². The van der Waals surface area contributed by atoms with Crippen molar-refractivity contribution in [1.82, 2.24) is 14.5 Å². The average Bonchev–Trinajstić information content (AvgIpc) is 3.23. The van der Waals surface area contributed by atoms with Crippen LogP contribution in [0.4, 0.5) is 4.39 Å². The molecule has 1 aliphatic rings. The summed E-state index contributed by atoms with van der Waals surface area (Å²) in [6, 6.07) is 13.7. The summed E-state index contributed by atoms with van der Waals surface area (Å²) >= 11 is 0. The number of carbonyl (C=O) groups is 1. The third-order valence-electron chi connectivity index (χ3n) is 4.51. The molecule has 1 saturated heterocycles. The molecule has 1 fully saturated rings. The third-order valence-corrected chi connectivity index (χ3v) is 4.51. The van der Waals surface area contributed by atoms with Crippen molar-refractivity contribution in [2.75, 3.05) is 19.7 Å². The van der Waals surface area contributed by atoms with Crippen molar-refractivity contribution in [2.24, 2.45) is 0 Å². The van der Waals surface area contributed by atoms with Crippen LogP contribution in [0.25, 0.3) is 5.69 Å². The van der Waals surface area contributed by atoms with Gasteiger partial charge in [0.1, 0.15) is 11.9 Å². The monoisotopic (exact) mass is 351 g/mol. The number of morpholine rings is 1. The van der Waals surface area contributed by atoms with Gasteiger partial charge in [0.05, 0.1) is 19.5 Å². The molecule has 2 heterocycles. The Kier molecular flexibility index (Phi) is 4.50. The molecule has 0 radical (unpaired) electrons. The predicted octanol–water partition coefficient (Wildman–Crippen LogP) is 3.23. The van der Waals surface area contributed by atoms with Gasteiger partial charge in [0, 0.05) is 30.2 Å². The number of aromatic nitrogens is 2. The van der Waals surface area contributed by atoms with E-state index >= 15 is 0 Å². The molecule has 0 bridgehead atoms. The van der Waals surface area contributed by atoms with E-state index in [2.05, 4.69) is 4.98 Å². The fourth-order valence-corrected chi connectivity index (χ4v) is 3.08. The van der Waals surface area contributed by atoms with Gasteiger partial charge >= 0.3 is 0 Å². The van der Waals surface area contributed by atoms with Gasteiger partial charge in [-0.15, -0.1) is 0 Å². The molecule has 4 rings (SSSR count). The zero-order valence-corrected chi connectivity index (χ0v) is 14.1. The highest BCUT2D eigenvalue weighted by atomic mass is 19.1. The minimum absolute atomic E-state index is 0.0300. The second-order valence-corrected chi connectivity index (χ2v) is 6.18. The maximum absolute atomic E-state index is 13.1. The molecular weight excluding hydrogens is 333 g/mol. The summed E-state index contributed by atoms with van der Waals surface area (Å²) in [5, 5.41) is 0. The van der Waals surface area contributed by atoms with Crippen LogP contribution in [0.3, 0.4) is 0 Å². The summed E-state index contributed by atoms with van der Waals surface area (Å²) in [6.07, 6.45) is 5.04. The Morgan fingerprint density at radius 2 is 1.88 bits per heavy atom. The van der Waals surface area contributed by atoms with Crippen molar-refractivity contribution in [3.8, 4) is 5.69 Å². The smallest absolute Gasteiger partial charge is 0.254 e. The van der Waals surface area contributed by atoms with Gasteiger partial charge in [-0.3, -0.25) is 4.79 Å². The van der Waals surface area contributed by atoms with Crippen molar-refractivity contribution in [1.29, 1.82) is 0 Å². The van der Waals surface area contributed by atoms with Gasteiger partial charge in [-0.2, -0.15) is 0 Å². The van der Waals surface area contributed by atoms with E-state index in [9.17, 15) is 9.18 Å². The fourth-order valence-electron chi connectivity index (χ4n) is 3.08. The molecule has 1 amide bonds. The lowest BCUT2D eigenvalue weighted by Gasteiger charge is -2.33. The van der Waals surface area contributed by atoms with Crippen molar-refractivity contribution in [3.05, 3.63) is 84.2 Å². The minimum Gasteiger partial charge on any atom is -0.370 e. The number of amides is 1. The highest BCUT2D eigenvalue weighted by Gasteiger charge is 2.26. The number of carbonyl (C=O) groups excluding carboxylic acids is 1. The number of imidazole rings is 1. The average molecular weight is 351 g/mol. The lowest BCUT2D eigenvalue weighted by molar-refractivity contribution is -0.0228. The predicted molar refractivity (Wildman–Crippen MR) is 94.6 cm³/mol. The zero-order chi connectivity index (χ0) is 17.9. The van der Waals surface area contributed by atoms with Crippen LogP contribution in [0.5, 0.6) is 0 Å². The molecule has 0 N–H and O–H groups in total. The molecule has 3 aromatic rings. The largest absolute Gasteiger partial charge is 0.370 e. The topological polar surface area (TPSA) is 47.4 Å². The molecule has 26 heavy (non-hydrogen) atoms. The van der Waals surface area contributed by atoms with Crippen LogP contribution in [0.2, 0.25) is 0 Å². The molecule has 1 aliphatic heterocycles. The molecule has 1 aromatic heterocycles. The van der Waals surface area contributed by atoms with Gasteiger partial charge in [0.2, 0.25) is 0 Å². The molecule has 6 heteroatoms. The highest BCUT2D eigenvalue weighted by molar-refractivity contribution is 5.94. The van der Waals surface area contributed by atoms with Gasteiger partial charge in [-0.05, 0) is 42.0 Å². The molecule has 0 aliphatic carbocycles. The molecule has 2 aromatic carbocycles. The SMILES string of the molecule is O=C(c1ccc(-n2ccnc2)cc1)N1CCO[C@H](c2ccc(F)cc2)C1. The van der Waals surface area contributed by atoms with E-state index in [0.717, 1.165) is 11.3 Å². The number of nitrogens with zero attached hydrogens (tertiary/aromatic N) is 3. The van der Waals surface area contributed by atoms with Crippen LogP contribution in [-0.2, 0) is 4.74 Å². The van der Waals surface area contributed by atoms with Crippen LogP contribution in [0.15, 0.2) is 67.3 Å². The second-order valence-electron chi connectivity index (χ2n) is 6.18. The maximum Gasteiger partial charge on any atom is 0.254 e. The van der Waals surface area contributed by atoms with E-state index in [4.69, 9.17) is 4.74 Å².